The Labute approximate surface area is 220 Å². The minimum Gasteiger partial charge on any atom is -0.450 e. The van der Waals surface area contributed by atoms with Crippen molar-refractivity contribution in [2.75, 3.05) is 31.6 Å². The monoisotopic (exact) mass is 514 g/mol. The number of hydrogen-bond acceptors (Lipinski definition) is 8. The molecule has 0 saturated carbocycles. The van der Waals surface area contributed by atoms with Crippen molar-refractivity contribution in [1.82, 2.24) is 34.7 Å². The van der Waals surface area contributed by atoms with E-state index in [9.17, 15) is 9.59 Å². The molecule has 1 aliphatic rings. The van der Waals surface area contributed by atoms with Gasteiger partial charge in [0.15, 0.2) is 5.82 Å². The molecule has 0 atom stereocenters. The van der Waals surface area contributed by atoms with Gasteiger partial charge in [-0.2, -0.15) is 0 Å². The minimum atomic E-state index is -0.587. The van der Waals surface area contributed by atoms with Crippen molar-refractivity contribution in [3.8, 4) is 22.5 Å². The summed E-state index contributed by atoms with van der Waals surface area (Å²) in [5, 5.41) is 2.62. The van der Waals surface area contributed by atoms with E-state index < -0.39 is 6.09 Å². The summed E-state index contributed by atoms with van der Waals surface area (Å²) in [6.07, 6.45) is 4.59. The second kappa shape index (κ2) is 10.9. The van der Waals surface area contributed by atoms with Gasteiger partial charge in [0.1, 0.15) is 5.52 Å². The van der Waals surface area contributed by atoms with Crippen LogP contribution < -0.4 is 5.32 Å². The smallest absolute Gasteiger partial charge is 0.413 e. The molecule has 3 aromatic heterocycles. The number of piperazine rings is 1. The molecule has 1 saturated heterocycles. The molecule has 11 heteroatoms. The summed E-state index contributed by atoms with van der Waals surface area (Å²) in [6.45, 7) is 8.66. The van der Waals surface area contributed by atoms with Gasteiger partial charge in [0.2, 0.25) is 11.9 Å². The molecule has 196 valence electrons. The summed E-state index contributed by atoms with van der Waals surface area (Å²) in [4.78, 5) is 49.6. The van der Waals surface area contributed by atoms with E-state index in [0.29, 0.717) is 29.9 Å². The summed E-state index contributed by atoms with van der Waals surface area (Å²) in [7, 11) is 0. The number of aromatic nitrogens is 5. The van der Waals surface area contributed by atoms with Gasteiger partial charge in [0.25, 0.3) is 0 Å². The van der Waals surface area contributed by atoms with Crippen molar-refractivity contribution in [3.05, 3.63) is 54.6 Å². The Morgan fingerprint density at radius 2 is 1.95 bits per heavy atom. The van der Waals surface area contributed by atoms with Crippen LogP contribution in [-0.4, -0.2) is 79.0 Å². The van der Waals surface area contributed by atoms with Crippen LogP contribution in [0.2, 0.25) is 0 Å². The van der Waals surface area contributed by atoms with Crippen molar-refractivity contribution < 1.29 is 14.3 Å². The van der Waals surface area contributed by atoms with Crippen molar-refractivity contribution in [2.45, 2.75) is 33.4 Å². The number of rotatable bonds is 7. The third-order valence-corrected chi connectivity index (χ3v) is 6.39. The number of pyridine rings is 1. The Hall–Kier alpha value is -4.38. The summed E-state index contributed by atoms with van der Waals surface area (Å²) < 4.78 is 4.97. The molecule has 2 amide bonds. The highest BCUT2D eigenvalue weighted by molar-refractivity contribution is 5.96. The van der Waals surface area contributed by atoms with Crippen LogP contribution in [0.15, 0.2) is 48.9 Å². The van der Waals surface area contributed by atoms with Crippen molar-refractivity contribution in [1.29, 1.82) is 0 Å². The first-order valence-electron chi connectivity index (χ1n) is 12.6. The molecule has 0 bridgehead atoms. The number of nitrogens with zero attached hydrogens (tertiary/aromatic N) is 6. The number of carbonyl (C=O) groups is 2. The lowest BCUT2D eigenvalue weighted by molar-refractivity contribution is -0.138. The average Bonchev–Trinajstić information content (AvgIpc) is 3.31. The van der Waals surface area contributed by atoms with E-state index in [1.54, 1.807) is 25.4 Å². The van der Waals surface area contributed by atoms with Gasteiger partial charge in [-0.05, 0) is 50.6 Å². The predicted octanol–water partition coefficient (Wildman–Crippen LogP) is 3.70. The molecule has 0 aliphatic carbocycles. The van der Waals surface area contributed by atoms with Gasteiger partial charge in [0, 0.05) is 55.4 Å². The van der Waals surface area contributed by atoms with Crippen LogP contribution in [0.4, 0.5) is 10.7 Å². The van der Waals surface area contributed by atoms with Crippen LogP contribution in [0.1, 0.15) is 26.5 Å². The number of ether oxygens (including phenoxy) is 1. The molecular formula is C27H30N8O3. The fourth-order valence-corrected chi connectivity index (χ4v) is 4.55. The molecule has 4 aromatic rings. The number of carbonyl (C=O) groups excluding carboxylic acids is 2. The molecular weight excluding hydrogens is 484 g/mol. The lowest BCUT2D eigenvalue weighted by atomic mass is 10.0. The third-order valence-electron chi connectivity index (χ3n) is 6.39. The highest BCUT2D eigenvalue weighted by Gasteiger charge is 2.25. The first kappa shape index (κ1) is 25.3. The largest absolute Gasteiger partial charge is 0.450 e. The number of nitrogens with one attached hydrogen (secondary N) is 2. The molecule has 0 unspecified atom stereocenters. The lowest BCUT2D eigenvalue weighted by Crippen LogP contribution is -2.52. The Kier molecular flexibility index (Phi) is 7.27. The molecule has 38 heavy (non-hydrogen) atoms. The van der Waals surface area contributed by atoms with Gasteiger partial charge < -0.3 is 14.6 Å². The average molecular weight is 515 g/mol. The fraction of sp³-hybridized carbons (Fsp3) is 0.333. The number of anilines is 1. The molecule has 0 spiro atoms. The molecule has 4 heterocycles. The van der Waals surface area contributed by atoms with Gasteiger partial charge in [-0.15, -0.1) is 0 Å². The molecule has 1 fully saturated rings. The van der Waals surface area contributed by atoms with Gasteiger partial charge in [0.05, 0.1) is 24.4 Å². The zero-order chi connectivity index (χ0) is 26.6. The van der Waals surface area contributed by atoms with E-state index in [1.165, 1.54) is 0 Å². The zero-order valence-electron chi connectivity index (χ0n) is 21.6. The summed E-state index contributed by atoms with van der Waals surface area (Å²) in [5.74, 6) is 0.944. The standard InChI is InChI=1S/C27H30N8O3/c1-4-38-27(37)33-26-31-22-13-19(12-21(24(22)32-26)25-28-8-5-9-29-25)18-6-7-20(30-14-18)15-34-10-11-35(17(2)3)23(36)16-34/h5-9,12-14,17H,4,10-11,15-16H2,1-3H3,(H2,31,32,33,37). The normalized spacial score (nSPS) is 14.3. The van der Waals surface area contributed by atoms with Crippen LogP contribution >= 0.6 is 0 Å². The van der Waals surface area contributed by atoms with Crippen molar-refractivity contribution >= 4 is 29.0 Å². The maximum absolute atomic E-state index is 12.4. The Bertz CT molecular complexity index is 1440. The van der Waals surface area contributed by atoms with Crippen LogP contribution in [0.5, 0.6) is 0 Å². The van der Waals surface area contributed by atoms with Gasteiger partial charge in [-0.1, -0.05) is 6.07 Å². The quantitative estimate of drug-likeness (QED) is 0.382. The van der Waals surface area contributed by atoms with E-state index in [-0.39, 0.29) is 24.5 Å². The highest BCUT2D eigenvalue weighted by atomic mass is 16.5. The number of aromatic amines is 1. The second-order valence-corrected chi connectivity index (χ2v) is 9.35. The number of hydrogen-bond donors (Lipinski definition) is 2. The molecule has 2 N–H and O–H groups in total. The molecule has 0 radical (unpaired) electrons. The van der Waals surface area contributed by atoms with E-state index in [4.69, 9.17) is 4.74 Å². The topological polar surface area (TPSA) is 129 Å². The molecule has 5 rings (SSSR count). The van der Waals surface area contributed by atoms with E-state index in [1.807, 2.05) is 49.2 Å². The maximum Gasteiger partial charge on any atom is 0.413 e. The highest BCUT2D eigenvalue weighted by Crippen LogP contribution is 2.32. The van der Waals surface area contributed by atoms with Gasteiger partial charge >= 0.3 is 6.09 Å². The first-order chi connectivity index (χ1) is 18.4. The van der Waals surface area contributed by atoms with Crippen molar-refractivity contribution in [3.63, 3.8) is 0 Å². The van der Waals surface area contributed by atoms with Gasteiger partial charge in [-0.3, -0.25) is 20.0 Å². The van der Waals surface area contributed by atoms with Crippen LogP contribution in [-0.2, 0) is 16.1 Å². The number of H-pyrrole nitrogens is 1. The SMILES string of the molecule is CCOC(=O)Nc1nc2c(-c3ncccn3)cc(-c3ccc(CN4CCN(C(C)C)C(=O)C4)nc3)cc2[nH]1. The summed E-state index contributed by atoms with van der Waals surface area (Å²) in [6, 6.07) is 9.88. The fourth-order valence-electron chi connectivity index (χ4n) is 4.55. The first-order valence-corrected chi connectivity index (χ1v) is 12.6. The van der Waals surface area contributed by atoms with E-state index in [0.717, 1.165) is 35.5 Å². The molecule has 1 aromatic carbocycles. The Morgan fingerprint density at radius 1 is 1.13 bits per heavy atom. The second-order valence-electron chi connectivity index (χ2n) is 9.35. The number of imidazole rings is 1. The minimum absolute atomic E-state index is 0.156. The van der Waals surface area contributed by atoms with Crippen LogP contribution in [0, 0.1) is 0 Å². The maximum atomic E-state index is 12.4. The third kappa shape index (κ3) is 5.47. The predicted molar refractivity (Wildman–Crippen MR) is 143 cm³/mol. The van der Waals surface area contributed by atoms with Crippen molar-refractivity contribution in [2.24, 2.45) is 0 Å². The molecule has 11 nitrogen and oxygen atoms in total. The molecule has 1 aliphatic heterocycles. The number of fused-ring (bicyclic) bond motifs is 1. The summed E-state index contributed by atoms with van der Waals surface area (Å²) >= 11 is 0. The number of benzene rings is 1. The summed E-state index contributed by atoms with van der Waals surface area (Å²) in [5.41, 5.74) is 4.75. The lowest BCUT2D eigenvalue weighted by Gasteiger charge is -2.36. The van der Waals surface area contributed by atoms with E-state index >= 15 is 0 Å². The number of amides is 2. The Balaban J connectivity index is 1.41. The van der Waals surface area contributed by atoms with E-state index in [2.05, 4.69) is 35.1 Å². The van der Waals surface area contributed by atoms with Gasteiger partial charge in [-0.25, -0.2) is 19.7 Å². The van der Waals surface area contributed by atoms with Crippen LogP contribution in [0.3, 0.4) is 0 Å². The van der Waals surface area contributed by atoms with Crippen LogP contribution in [0.25, 0.3) is 33.5 Å². The zero-order valence-corrected chi connectivity index (χ0v) is 21.6. The Morgan fingerprint density at radius 3 is 2.63 bits per heavy atom.